The molecule has 4 N–H and O–H groups in total. The molecule has 0 heterocycles. The van der Waals surface area contributed by atoms with Crippen LogP contribution in [0.15, 0.2) is 65.4 Å². The molecule has 0 amide bonds. The third-order valence-corrected chi connectivity index (χ3v) is 6.44. The lowest BCUT2D eigenvalue weighted by Crippen LogP contribution is -1.99. The summed E-state index contributed by atoms with van der Waals surface area (Å²) in [4.78, 5) is 2.40. The van der Waals surface area contributed by atoms with Crippen molar-refractivity contribution in [2.45, 2.75) is 77.5 Å². The Kier molecular flexibility index (Phi) is 20.7. The van der Waals surface area contributed by atoms with Crippen molar-refractivity contribution >= 4 is 40.9 Å². The van der Waals surface area contributed by atoms with Gasteiger partial charge in [-0.05, 0) is 104 Å². The highest BCUT2D eigenvalue weighted by Crippen LogP contribution is 2.32. The summed E-state index contributed by atoms with van der Waals surface area (Å²) in [6, 6.07) is 15.1. The van der Waals surface area contributed by atoms with E-state index in [-0.39, 0.29) is 0 Å². The van der Waals surface area contributed by atoms with Crippen LogP contribution < -0.4 is 11.5 Å². The summed E-state index contributed by atoms with van der Waals surface area (Å²) in [5.74, 6) is 1.23. The SMILES string of the molecule is C=C.CC.CCCSc1ccc(C)cc1.CCc1cc(S)cc2cc(N)c(C)c(CC)c12.CN. The fourth-order valence-corrected chi connectivity index (χ4v) is 4.47. The van der Waals surface area contributed by atoms with Gasteiger partial charge in [0.15, 0.2) is 0 Å². The van der Waals surface area contributed by atoms with Gasteiger partial charge in [0.2, 0.25) is 0 Å². The Labute approximate surface area is 220 Å². The minimum absolute atomic E-state index is 0.885. The fourth-order valence-electron chi connectivity index (χ4n) is 3.40. The van der Waals surface area contributed by atoms with Crippen LogP contribution in [0.4, 0.5) is 5.69 Å². The summed E-state index contributed by atoms with van der Waals surface area (Å²) in [5, 5.41) is 2.59. The van der Waals surface area contributed by atoms with E-state index in [9.17, 15) is 0 Å². The second kappa shape index (κ2) is 20.5. The number of hydrogen-bond donors (Lipinski definition) is 3. The van der Waals surface area contributed by atoms with Crippen LogP contribution in [-0.2, 0) is 12.8 Å². The molecule has 3 rings (SSSR count). The molecule has 3 aromatic rings. The number of benzene rings is 3. The lowest BCUT2D eigenvalue weighted by atomic mass is 9.92. The van der Waals surface area contributed by atoms with Gasteiger partial charge in [0.25, 0.3) is 0 Å². The van der Waals surface area contributed by atoms with Crippen molar-refractivity contribution in [1.29, 1.82) is 0 Å². The Morgan fingerprint density at radius 3 is 1.91 bits per heavy atom. The highest BCUT2D eigenvalue weighted by atomic mass is 32.2. The first-order valence-electron chi connectivity index (χ1n) is 12.2. The molecule has 34 heavy (non-hydrogen) atoms. The first-order valence-corrected chi connectivity index (χ1v) is 13.6. The molecule has 0 unspecified atom stereocenters. The monoisotopic (exact) mass is 500 g/mol. The molecule has 2 nitrogen and oxygen atoms in total. The average Bonchev–Trinajstić information content (AvgIpc) is 2.88. The molecular weight excluding hydrogens is 452 g/mol. The molecule has 0 aliphatic carbocycles. The number of rotatable bonds is 5. The van der Waals surface area contributed by atoms with Gasteiger partial charge in [0, 0.05) is 15.5 Å². The van der Waals surface area contributed by atoms with Crippen LogP contribution in [0.3, 0.4) is 0 Å². The van der Waals surface area contributed by atoms with E-state index in [1.54, 1.807) is 0 Å². The largest absolute Gasteiger partial charge is 0.398 e. The van der Waals surface area contributed by atoms with Crippen LogP contribution in [0.2, 0.25) is 0 Å². The summed E-state index contributed by atoms with van der Waals surface area (Å²) in [5.41, 5.74) is 16.8. The predicted molar refractivity (Wildman–Crippen MR) is 164 cm³/mol. The van der Waals surface area contributed by atoms with Crippen molar-refractivity contribution < 1.29 is 0 Å². The normalized spacial score (nSPS) is 9.24. The molecule has 190 valence electrons. The topological polar surface area (TPSA) is 52.0 Å². The molecular formula is C30H48N2S2. The lowest BCUT2D eigenvalue weighted by Gasteiger charge is -2.15. The molecule has 0 radical (unpaired) electrons. The maximum absolute atomic E-state index is 6.08. The van der Waals surface area contributed by atoms with Gasteiger partial charge in [-0.15, -0.1) is 37.5 Å². The lowest BCUT2D eigenvalue weighted by molar-refractivity contribution is 1.10. The Morgan fingerprint density at radius 2 is 1.44 bits per heavy atom. The van der Waals surface area contributed by atoms with E-state index in [1.165, 1.54) is 57.1 Å². The molecule has 3 aromatic carbocycles. The van der Waals surface area contributed by atoms with Crippen LogP contribution in [0.1, 0.15) is 63.3 Å². The van der Waals surface area contributed by atoms with Crippen LogP contribution in [0, 0.1) is 13.8 Å². The number of thiol groups is 1. The van der Waals surface area contributed by atoms with Gasteiger partial charge < -0.3 is 11.5 Å². The Balaban J connectivity index is 0. The van der Waals surface area contributed by atoms with Crippen LogP contribution in [-0.4, -0.2) is 12.8 Å². The van der Waals surface area contributed by atoms with Crippen LogP contribution in [0.25, 0.3) is 10.8 Å². The van der Waals surface area contributed by atoms with E-state index in [2.05, 4.69) is 109 Å². The molecule has 0 bridgehead atoms. The second-order valence-electron chi connectivity index (χ2n) is 7.14. The van der Waals surface area contributed by atoms with Crippen molar-refractivity contribution in [3.8, 4) is 0 Å². The molecule has 0 spiro atoms. The zero-order valence-corrected chi connectivity index (χ0v) is 24.5. The standard InChI is InChI=1S/C15H19NS.C10H14S.C2H6.C2H4.CH5N/c1-4-10-6-12(17)7-11-8-14(16)9(3)13(5-2)15(10)11;1-3-8-11-10-6-4-9(2)5-7-10;3*1-2/h6-8,17H,4-5,16H2,1-3H3;4-7H,3,8H2,1-2H3;1-2H3;1-2H2;2H2,1H3. The quantitative estimate of drug-likeness (QED) is 0.142. The van der Waals surface area contributed by atoms with Crippen molar-refractivity contribution in [3.63, 3.8) is 0 Å². The molecule has 0 saturated heterocycles. The van der Waals surface area contributed by atoms with E-state index >= 15 is 0 Å². The molecule has 0 aliphatic heterocycles. The van der Waals surface area contributed by atoms with Gasteiger partial charge in [-0.2, -0.15) is 0 Å². The fraction of sp³-hybridized carbons (Fsp3) is 0.400. The average molecular weight is 501 g/mol. The van der Waals surface area contributed by atoms with E-state index in [0.29, 0.717) is 0 Å². The van der Waals surface area contributed by atoms with Gasteiger partial charge >= 0.3 is 0 Å². The minimum Gasteiger partial charge on any atom is -0.398 e. The molecule has 0 atom stereocenters. The number of nitrogens with two attached hydrogens (primary N) is 2. The maximum Gasteiger partial charge on any atom is 0.0352 e. The van der Waals surface area contributed by atoms with Gasteiger partial charge in [0.1, 0.15) is 0 Å². The summed E-state index contributed by atoms with van der Waals surface area (Å²) >= 11 is 6.40. The smallest absolute Gasteiger partial charge is 0.0352 e. The third kappa shape index (κ3) is 11.0. The predicted octanol–water partition coefficient (Wildman–Crippen LogP) is 9.04. The number of aryl methyl sites for hydroxylation is 3. The van der Waals surface area contributed by atoms with Gasteiger partial charge in [-0.25, -0.2) is 0 Å². The van der Waals surface area contributed by atoms with E-state index in [0.717, 1.165) is 23.4 Å². The van der Waals surface area contributed by atoms with Crippen molar-refractivity contribution in [1.82, 2.24) is 0 Å². The number of fused-ring (bicyclic) bond motifs is 1. The summed E-state index contributed by atoms with van der Waals surface area (Å²) in [6.45, 7) is 20.8. The van der Waals surface area contributed by atoms with E-state index < -0.39 is 0 Å². The number of nitrogen functional groups attached to an aromatic ring is 1. The van der Waals surface area contributed by atoms with Crippen molar-refractivity contribution in [3.05, 3.63) is 77.9 Å². The second-order valence-corrected chi connectivity index (χ2v) is 8.83. The highest BCUT2D eigenvalue weighted by Gasteiger charge is 2.10. The van der Waals surface area contributed by atoms with Gasteiger partial charge in [-0.3, -0.25) is 0 Å². The van der Waals surface area contributed by atoms with Crippen molar-refractivity contribution in [2.24, 2.45) is 5.73 Å². The summed E-state index contributed by atoms with van der Waals surface area (Å²) < 4.78 is 0. The Morgan fingerprint density at radius 1 is 0.882 bits per heavy atom. The third-order valence-electron chi connectivity index (χ3n) is 4.96. The highest BCUT2D eigenvalue weighted by molar-refractivity contribution is 7.99. The summed E-state index contributed by atoms with van der Waals surface area (Å²) in [7, 11) is 1.50. The van der Waals surface area contributed by atoms with Crippen molar-refractivity contribution in [2.75, 3.05) is 18.5 Å². The zero-order chi connectivity index (χ0) is 26.7. The van der Waals surface area contributed by atoms with E-state index in [4.69, 9.17) is 5.73 Å². The number of thioether (sulfide) groups is 1. The number of hydrogen-bond acceptors (Lipinski definition) is 4. The summed E-state index contributed by atoms with van der Waals surface area (Å²) in [6.07, 6.45) is 3.30. The molecule has 0 aromatic heterocycles. The maximum atomic E-state index is 6.08. The first-order chi connectivity index (χ1) is 16.4. The molecule has 0 aliphatic rings. The minimum atomic E-state index is 0.885. The molecule has 4 heteroatoms. The number of anilines is 1. The molecule has 0 saturated carbocycles. The zero-order valence-electron chi connectivity index (χ0n) is 22.8. The van der Waals surface area contributed by atoms with Gasteiger partial charge in [0.05, 0.1) is 0 Å². The van der Waals surface area contributed by atoms with Crippen LogP contribution >= 0.6 is 24.4 Å². The van der Waals surface area contributed by atoms with Crippen LogP contribution in [0.5, 0.6) is 0 Å². The van der Waals surface area contributed by atoms with E-state index in [1.807, 2.05) is 25.6 Å². The van der Waals surface area contributed by atoms with Gasteiger partial charge in [-0.1, -0.05) is 52.3 Å². The Hall–Kier alpha value is -1.88. The Bertz CT molecular complexity index is 935. The molecule has 0 fully saturated rings. The first kappa shape index (κ1) is 34.3.